The molecule has 11 nitrogen and oxygen atoms in total. The lowest BCUT2D eigenvalue weighted by atomic mass is 9.86. The van der Waals surface area contributed by atoms with Gasteiger partial charge in [0.1, 0.15) is 22.5 Å². The molecule has 0 bridgehead atoms. The van der Waals surface area contributed by atoms with Gasteiger partial charge in [-0.05, 0) is 49.7 Å². The van der Waals surface area contributed by atoms with Crippen LogP contribution in [0.5, 0.6) is 40.2 Å². The van der Waals surface area contributed by atoms with Gasteiger partial charge < -0.3 is 44.2 Å². The Balaban J connectivity index is 2.05. The molecular weight excluding hydrogens is 524 g/mol. The third-order valence-electron chi connectivity index (χ3n) is 6.28. The third-order valence-corrected chi connectivity index (χ3v) is 6.28. The Hall–Kier alpha value is -5.06. The molecule has 0 saturated carbocycles. The minimum atomic E-state index is -1.03. The standard InChI is InChI=1S/C29H28O11/c1-13(2)39-21-8-6-14(10-22(21)37-3)16(11-23(34)38-4)24-19(32)12-20(33)25-26(35)27(36)28(40-29(24)25)15-5-7-17(30)18(31)9-15/h5-10,12-13,16,30-33,36H,11H2,1-4H3/t16-/m1/s1. The van der Waals surface area contributed by atoms with E-state index in [1.165, 1.54) is 20.3 Å². The highest BCUT2D eigenvalue weighted by atomic mass is 16.5. The van der Waals surface area contributed by atoms with Crippen LogP contribution >= 0.6 is 0 Å². The summed E-state index contributed by atoms with van der Waals surface area (Å²) in [6.07, 6.45) is -0.479. The zero-order chi connectivity index (χ0) is 29.3. The van der Waals surface area contributed by atoms with Crippen LogP contribution in [0.2, 0.25) is 0 Å². The van der Waals surface area contributed by atoms with Gasteiger partial charge in [0.2, 0.25) is 11.2 Å². The molecular formula is C29H28O11. The van der Waals surface area contributed by atoms with Crippen molar-refractivity contribution >= 4 is 16.9 Å². The summed E-state index contributed by atoms with van der Waals surface area (Å²) in [5.74, 6) is -4.34. The third kappa shape index (κ3) is 5.13. The summed E-state index contributed by atoms with van der Waals surface area (Å²) in [5, 5.41) is 51.5. The van der Waals surface area contributed by atoms with Gasteiger partial charge in [-0.15, -0.1) is 0 Å². The van der Waals surface area contributed by atoms with Crippen LogP contribution in [0.3, 0.4) is 0 Å². The molecule has 0 amide bonds. The zero-order valence-corrected chi connectivity index (χ0v) is 22.1. The number of phenols is 4. The second-order valence-electron chi connectivity index (χ2n) is 9.25. The normalized spacial score (nSPS) is 11.9. The van der Waals surface area contributed by atoms with Crippen molar-refractivity contribution in [3.05, 3.63) is 63.8 Å². The minimum absolute atomic E-state index is 0.0157. The predicted octanol–water partition coefficient (Wildman–Crippen LogP) is 4.48. The molecule has 0 fully saturated rings. The average Bonchev–Trinajstić information content (AvgIpc) is 2.91. The van der Waals surface area contributed by atoms with Crippen molar-refractivity contribution in [2.24, 2.45) is 0 Å². The van der Waals surface area contributed by atoms with E-state index >= 15 is 0 Å². The van der Waals surface area contributed by atoms with Gasteiger partial charge in [-0.25, -0.2) is 0 Å². The van der Waals surface area contributed by atoms with E-state index < -0.39 is 57.2 Å². The van der Waals surface area contributed by atoms with Crippen LogP contribution < -0.4 is 14.9 Å². The molecule has 0 aliphatic rings. The van der Waals surface area contributed by atoms with Gasteiger partial charge in [-0.2, -0.15) is 0 Å². The molecule has 3 aromatic carbocycles. The smallest absolute Gasteiger partial charge is 0.306 e. The SMILES string of the molecule is COC(=O)C[C@H](c1ccc(OC(C)C)c(OC)c1)c1c(O)cc(O)c2c(=O)c(O)c(-c3ccc(O)c(O)c3)oc12. The summed E-state index contributed by atoms with van der Waals surface area (Å²) >= 11 is 0. The molecule has 0 spiro atoms. The number of methoxy groups -OCH3 is 2. The van der Waals surface area contributed by atoms with E-state index in [2.05, 4.69) is 0 Å². The summed E-state index contributed by atoms with van der Waals surface area (Å²) in [7, 11) is 2.64. The van der Waals surface area contributed by atoms with Crippen LogP contribution in [-0.4, -0.2) is 51.8 Å². The number of carbonyl (C=O) groups excluding carboxylic acids is 1. The van der Waals surface area contributed by atoms with Crippen molar-refractivity contribution in [3.8, 4) is 51.6 Å². The Bertz CT molecular complexity index is 1650. The molecule has 1 atom stereocenters. The second-order valence-corrected chi connectivity index (χ2v) is 9.25. The van der Waals surface area contributed by atoms with Crippen LogP contribution in [0.4, 0.5) is 0 Å². The summed E-state index contributed by atoms with van der Waals surface area (Å²) < 4.78 is 22.1. The van der Waals surface area contributed by atoms with Gasteiger partial charge in [0.15, 0.2) is 28.8 Å². The number of carbonyl (C=O) groups is 1. The maximum atomic E-state index is 13.3. The molecule has 0 radical (unpaired) electrons. The molecule has 0 saturated heterocycles. The van der Waals surface area contributed by atoms with Gasteiger partial charge in [0, 0.05) is 23.1 Å². The molecule has 0 unspecified atom stereocenters. The lowest BCUT2D eigenvalue weighted by Gasteiger charge is -2.22. The van der Waals surface area contributed by atoms with Gasteiger partial charge >= 0.3 is 5.97 Å². The molecule has 1 aromatic heterocycles. The first kappa shape index (κ1) is 28.0. The number of esters is 1. The molecule has 40 heavy (non-hydrogen) atoms. The van der Waals surface area contributed by atoms with Crippen LogP contribution in [-0.2, 0) is 9.53 Å². The zero-order valence-electron chi connectivity index (χ0n) is 22.1. The van der Waals surface area contributed by atoms with E-state index in [1.807, 2.05) is 13.8 Å². The number of rotatable bonds is 8. The quantitative estimate of drug-likeness (QED) is 0.154. The van der Waals surface area contributed by atoms with Gasteiger partial charge in [-0.1, -0.05) is 6.07 Å². The van der Waals surface area contributed by atoms with Gasteiger partial charge in [0.05, 0.1) is 26.7 Å². The summed E-state index contributed by atoms with van der Waals surface area (Å²) in [6.45, 7) is 3.69. The number of fused-ring (bicyclic) bond motifs is 1. The van der Waals surface area contributed by atoms with Gasteiger partial charge in [0.25, 0.3) is 0 Å². The molecule has 4 aromatic rings. The summed E-state index contributed by atoms with van der Waals surface area (Å²) in [5.41, 5.74) is -0.947. The van der Waals surface area contributed by atoms with Crippen LogP contribution in [0.25, 0.3) is 22.3 Å². The topological polar surface area (TPSA) is 176 Å². The average molecular weight is 553 g/mol. The maximum Gasteiger partial charge on any atom is 0.306 e. The Morgan fingerprint density at radius 1 is 0.875 bits per heavy atom. The number of hydrogen-bond donors (Lipinski definition) is 5. The predicted molar refractivity (Wildman–Crippen MR) is 143 cm³/mol. The van der Waals surface area contributed by atoms with E-state index in [4.69, 9.17) is 18.6 Å². The van der Waals surface area contributed by atoms with Crippen molar-refractivity contribution in [2.75, 3.05) is 14.2 Å². The Morgan fingerprint density at radius 2 is 1.60 bits per heavy atom. The van der Waals surface area contributed by atoms with Crippen LogP contribution in [0.15, 0.2) is 51.7 Å². The first-order chi connectivity index (χ1) is 19.0. The first-order valence-corrected chi connectivity index (χ1v) is 12.1. The van der Waals surface area contributed by atoms with Crippen molar-refractivity contribution in [1.82, 2.24) is 0 Å². The monoisotopic (exact) mass is 552 g/mol. The van der Waals surface area contributed by atoms with Crippen molar-refractivity contribution in [3.63, 3.8) is 0 Å². The number of aromatic hydroxyl groups is 5. The summed E-state index contributed by atoms with van der Waals surface area (Å²) in [4.78, 5) is 25.8. The largest absolute Gasteiger partial charge is 0.507 e. The fourth-order valence-electron chi connectivity index (χ4n) is 4.43. The molecule has 11 heteroatoms. The Morgan fingerprint density at radius 3 is 2.23 bits per heavy atom. The highest BCUT2D eigenvalue weighted by molar-refractivity contribution is 5.92. The van der Waals surface area contributed by atoms with Crippen LogP contribution in [0, 0.1) is 0 Å². The fourth-order valence-corrected chi connectivity index (χ4v) is 4.43. The summed E-state index contributed by atoms with van der Waals surface area (Å²) in [6, 6.07) is 9.26. The number of ether oxygens (including phenoxy) is 3. The highest BCUT2D eigenvalue weighted by Gasteiger charge is 2.30. The van der Waals surface area contributed by atoms with Gasteiger partial charge in [-0.3, -0.25) is 9.59 Å². The minimum Gasteiger partial charge on any atom is -0.507 e. The molecule has 5 N–H and O–H groups in total. The van der Waals surface area contributed by atoms with Crippen molar-refractivity contribution in [2.45, 2.75) is 32.3 Å². The fraction of sp³-hybridized carbons (Fsp3) is 0.241. The molecule has 4 rings (SSSR count). The van der Waals surface area contributed by atoms with Crippen molar-refractivity contribution < 1.29 is 49.0 Å². The molecule has 0 aliphatic carbocycles. The highest BCUT2D eigenvalue weighted by Crippen LogP contribution is 2.46. The number of benzene rings is 3. The Labute approximate surface area is 228 Å². The second kappa shape index (κ2) is 11.0. The van der Waals surface area contributed by atoms with E-state index in [0.29, 0.717) is 17.1 Å². The maximum absolute atomic E-state index is 13.3. The molecule has 0 aliphatic heterocycles. The lowest BCUT2D eigenvalue weighted by Crippen LogP contribution is -2.13. The Kier molecular flexibility index (Phi) is 7.67. The van der Waals surface area contributed by atoms with E-state index in [1.54, 1.807) is 18.2 Å². The van der Waals surface area contributed by atoms with E-state index in [9.17, 15) is 35.1 Å². The molecule has 210 valence electrons. The first-order valence-electron chi connectivity index (χ1n) is 12.1. The van der Waals surface area contributed by atoms with E-state index in [0.717, 1.165) is 18.2 Å². The number of hydrogen-bond acceptors (Lipinski definition) is 11. The van der Waals surface area contributed by atoms with Crippen molar-refractivity contribution in [1.29, 1.82) is 0 Å². The lowest BCUT2D eigenvalue weighted by molar-refractivity contribution is -0.140. The number of phenolic OH excluding ortho intramolecular Hbond substituents is 4. The molecule has 1 heterocycles. The van der Waals surface area contributed by atoms with E-state index in [-0.39, 0.29) is 29.2 Å². The van der Waals surface area contributed by atoms with Crippen LogP contribution in [0.1, 0.15) is 37.3 Å².